The monoisotopic (exact) mass is 234 g/mol. The molecule has 1 aliphatic rings. The molecule has 0 unspecified atom stereocenters. The van der Waals surface area contributed by atoms with Gasteiger partial charge in [0.05, 0.1) is 25.7 Å². The maximum atomic E-state index is 11.9. The summed E-state index contributed by atoms with van der Waals surface area (Å²) in [6.07, 6.45) is 2.05. The summed E-state index contributed by atoms with van der Waals surface area (Å²) in [4.78, 5) is 13.4. The van der Waals surface area contributed by atoms with E-state index in [1.807, 2.05) is 31.2 Å². The van der Waals surface area contributed by atoms with Crippen LogP contribution in [0.25, 0.3) is 0 Å². The Kier molecular flexibility index (Phi) is 3.79. The van der Waals surface area contributed by atoms with Crippen LogP contribution in [0.4, 0.5) is 0 Å². The molecule has 0 aromatic heterocycles. The SMILES string of the molecule is Cc1cccc(C(=O)OC2CC[NH+](C)CC2)c1. The van der Waals surface area contributed by atoms with Gasteiger partial charge in [-0.2, -0.15) is 0 Å². The fourth-order valence-electron chi connectivity index (χ4n) is 2.19. The van der Waals surface area contributed by atoms with Crippen LogP contribution < -0.4 is 4.90 Å². The summed E-state index contributed by atoms with van der Waals surface area (Å²) < 4.78 is 5.53. The molecule has 1 saturated heterocycles. The summed E-state index contributed by atoms with van der Waals surface area (Å²) in [7, 11) is 2.18. The highest BCUT2D eigenvalue weighted by Gasteiger charge is 2.23. The van der Waals surface area contributed by atoms with Crippen molar-refractivity contribution in [1.29, 1.82) is 0 Å². The second-order valence-electron chi connectivity index (χ2n) is 4.93. The lowest BCUT2D eigenvalue weighted by Gasteiger charge is -2.26. The smallest absolute Gasteiger partial charge is 0.338 e. The second kappa shape index (κ2) is 5.32. The van der Waals surface area contributed by atoms with E-state index in [9.17, 15) is 4.79 Å². The summed E-state index contributed by atoms with van der Waals surface area (Å²) in [5.74, 6) is -0.182. The molecule has 1 N–H and O–H groups in total. The van der Waals surface area contributed by atoms with Gasteiger partial charge in [-0.05, 0) is 19.1 Å². The quantitative estimate of drug-likeness (QED) is 0.768. The van der Waals surface area contributed by atoms with Crippen molar-refractivity contribution in [3.05, 3.63) is 35.4 Å². The minimum absolute atomic E-state index is 0.103. The van der Waals surface area contributed by atoms with Crippen LogP contribution in [0.15, 0.2) is 24.3 Å². The molecular weight excluding hydrogens is 214 g/mol. The van der Waals surface area contributed by atoms with Gasteiger partial charge in [0.2, 0.25) is 0 Å². The molecular formula is C14H20NO2+. The van der Waals surface area contributed by atoms with Gasteiger partial charge >= 0.3 is 5.97 Å². The number of aryl methyl sites for hydroxylation is 1. The molecule has 1 aromatic rings. The van der Waals surface area contributed by atoms with Crippen molar-refractivity contribution in [3.8, 4) is 0 Å². The number of nitrogens with one attached hydrogen (secondary N) is 1. The number of ether oxygens (including phenoxy) is 1. The molecule has 0 atom stereocenters. The summed E-state index contributed by atoms with van der Waals surface area (Å²) in [5, 5.41) is 0. The molecule has 0 amide bonds. The highest BCUT2D eigenvalue weighted by molar-refractivity contribution is 5.89. The maximum absolute atomic E-state index is 11.9. The van der Waals surface area contributed by atoms with E-state index in [0.717, 1.165) is 31.5 Å². The van der Waals surface area contributed by atoms with Crippen molar-refractivity contribution in [2.45, 2.75) is 25.9 Å². The summed E-state index contributed by atoms with van der Waals surface area (Å²) in [6.45, 7) is 4.16. The van der Waals surface area contributed by atoms with E-state index in [1.54, 1.807) is 0 Å². The Balaban J connectivity index is 1.93. The lowest BCUT2D eigenvalue weighted by molar-refractivity contribution is -0.885. The zero-order chi connectivity index (χ0) is 12.3. The minimum Gasteiger partial charge on any atom is -0.458 e. The number of carbonyl (C=O) groups is 1. The molecule has 3 nitrogen and oxygen atoms in total. The molecule has 92 valence electrons. The average molecular weight is 234 g/mol. The molecule has 17 heavy (non-hydrogen) atoms. The van der Waals surface area contributed by atoms with E-state index in [4.69, 9.17) is 4.74 Å². The minimum atomic E-state index is -0.182. The van der Waals surface area contributed by atoms with Crippen LogP contribution >= 0.6 is 0 Å². The normalized spacial score (nSPS) is 24.4. The van der Waals surface area contributed by atoms with Gasteiger partial charge in [-0.25, -0.2) is 4.79 Å². The van der Waals surface area contributed by atoms with Gasteiger partial charge in [0.25, 0.3) is 0 Å². The number of likely N-dealkylation sites (tertiary alicyclic amines) is 1. The van der Waals surface area contributed by atoms with Gasteiger partial charge in [0.1, 0.15) is 6.10 Å². The third-order valence-electron chi connectivity index (χ3n) is 3.31. The lowest BCUT2D eigenvalue weighted by Crippen LogP contribution is -3.10. The van der Waals surface area contributed by atoms with Crippen LogP contribution in [0.1, 0.15) is 28.8 Å². The molecule has 1 aromatic carbocycles. The van der Waals surface area contributed by atoms with Gasteiger partial charge in [-0.1, -0.05) is 17.7 Å². The van der Waals surface area contributed by atoms with Crippen LogP contribution in [0, 0.1) is 6.92 Å². The van der Waals surface area contributed by atoms with Crippen molar-refractivity contribution in [2.75, 3.05) is 20.1 Å². The maximum Gasteiger partial charge on any atom is 0.338 e. The second-order valence-corrected chi connectivity index (χ2v) is 4.93. The predicted octanol–water partition coefficient (Wildman–Crippen LogP) is 0.829. The standard InChI is InChI=1S/C14H19NO2/c1-11-4-3-5-12(10-11)14(16)17-13-6-8-15(2)9-7-13/h3-5,10,13H,6-9H2,1-2H3/p+1. The number of benzene rings is 1. The third kappa shape index (κ3) is 3.30. The first-order valence-corrected chi connectivity index (χ1v) is 6.24. The Morgan fingerprint density at radius 3 is 2.71 bits per heavy atom. The highest BCUT2D eigenvalue weighted by Crippen LogP contribution is 2.11. The van der Waals surface area contributed by atoms with Crippen molar-refractivity contribution < 1.29 is 14.4 Å². The molecule has 3 heteroatoms. The summed E-state index contributed by atoms with van der Waals surface area (Å²) in [5.41, 5.74) is 1.75. The fraction of sp³-hybridized carbons (Fsp3) is 0.500. The van der Waals surface area contributed by atoms with Crippen molar-refractivity contribution in [3.63, 3.8) is 0 Å². The van der Waals surface area contributed by atoms with Gasteiger partial charge in [0.15, 0.2) is 0 Å². The van der Waals surface area contributed by atoms with Crippen LogP contribution in [0.5, 0.6) is 0 Å². The molecule has 0 bridgehead atoms. The van der Waals surface area contributed by atoms with E-state index in [0.29, 0.717) is 5.56 Å². The van der Waals surface area contributed by atoms with Gasteiger partial charge in [-0.15, -0.1) is 0 Å². The summed E-state index contributed by atoms with van der Waals surface area (Å²) in [6, 6.07) is 7.57. The van der Waals surface area contributed by atoms with E-state index >= 15 is 0 Å². The van der Waals surface area contributed by atoms with E-state index < -0.39 is 0 Å². The first-order chi connectivity index (χ1) is 8.15. The molecule has 1 heterocycles. The van der Waals surface area contributed by atoms with Gasteiger partial charge < -0.3 is 9.64 Å². The lowest BCUT2D eigenvalue weighted by atomic mass is 10.1. The van der Waals surface area contributed by atoms with Crippen LogP contribution in [0.3, 0.4) is 0 Å². The van der Waals surface area contributed by atoms with Crippen molar-refractivity contribution in [2.24, 2.45) is 0 Å². The number of hydrogen-bond acceptors (Lipinski definition) is 2. The van der Waals surface area contributed by atoms with Crippen LogP contribution in [-0.4, -0.2) is 32.2 Å². The molecule has 0 spiro atoms. The Morgan fingerprint density at radius 2 is 2.06 bits per heavy atom. The number of piperidine rings is 1. The zero-order valence-electron chi connectivity index (χ0n) is 10.5. The fourth-order valence-corrected chi connectivity index (χ4v) is 2.19. The molecule has 0 saturated carbocycles. The Labute approximate surface area is 102 Å². The number of rotatable bonds is 2. The summed E-state index contributed by atoms with van der Waals surface area (Å²) >= 11 is 0. The number of carbonyl (C=O) groups excluding carboxylic acids is 1. The number of quaternary nitrogens is 1. The number of hydrogen-bond donors (Lipinski definition) is 1. The van der Waals surface area contributed by atoms with Crippen LogP contribution in [0.2, 0.25) is 0 Å². The predicted molar refractivity (Wildman–Crippen MR) is 66.2 cm³/mol. The van der Waals surface area contributed by atoms with E-state index in [1.165, 1.54) is 4.90 Å². The first kappa shape index (κ1) is 12.1. The third-order valence-corrected chi connectivity index (χ3v) is 3.31. The zero-order valence-corrected chi connectivity index (χ0v) is 10.5. The van der Waals surface area contributed by atoms with Crippen LogP contribution in [-0.2, 0) is 4.74 Å². The first-order valence-electron chi connectivity index (χ1n) is 6.24. The molecule has 0 aliphatic carbocycles. The topological polar surface area (TPSA) is 30.7 Å². The van der Waals surface area contributed by atoms with Gasteiger partial charge in [0, 0.05) is 12.8 Å². The largest absolute Gasteiger partial charge is 0.458 e. The molecule has 2 rings (SSSR count). The Hall–Kier alpha value is -1.35. The Morgan fingerprint density at radius 1 is 1.35 bits per heavy atom. The van der Waals surface area contributed by atoms with Crippen molar-refractivity contribution in [1.82, 2.24) is 0 Å². The highest BCUT2D eigenvalue weighted by atomic mass is 16.5. The number of esters is 1. The molecule has 0 radical (unpaired) electrons. The van der Waals surface area contributed by atoms with Gasteiger partial charge in [-0.3, -0.25) is 0 Å². The van der Waals surface area contributed by atoms with E-state index in [-0.39, 0.29) is 12.1 Å². The average Bonchev–Trinajstić information content (AvgIpc) is 2.32. The van der Waals surface area contributed by atoms with E-state index in [2.05, 4.69) is 7.05 Å². The molecule has 1 fully saturated rings. The Bertz CT molecular complexity index is 395. The van der Waals surface area contributed by atoms with Crippen molar-refractivity contribution >= 4 is 5.97 Å². The molecule has 1 aliphatic heterocycles.